The molecule has 2 atom stereocenters. The molecular weight excluding hydrogens is 320 g/mol. The predicted molar refractivity (Wildman–Crippen MR) is 99.1 cm³/mol. The maximum absolute atomic E-state index is 9.28. The highest BCUT2D eigenvalue weighted by molar-refractivity contribution is 5.74. The number of allylic oxidation sites excluding steroid dienone is 2. The molecule has 0 bridgehead atoms. The monoisotopic (exact) mass is 342 g/mol. The number of fused-ring (bicyclic) bond motifs is 3. The van der Waals surface area contributed by atoms with Gasteiger partial charge in [-0.1, -0.05) is 18.1 Å². The normalized spacial score (nSPS) is 28.7. The first-order valence-corrected chi connectivity index (χ1v) is 9.82. The summed E-state index contributed by atoms with van der Waals surface area (Å²) in [6.45, 7) is 0. The Kier molecular flexibility index (Phi) is 3.44. The molecule has 1 fully saturated rings. The van der Waals surface area contributed by atoms with Crippen LogP contribution in [-0.2, 0) is 0 Å². The number of benzene rings is 1. The Morgan fingerprint density at radius 1 is 1.12 bits per heavy atom. The highest BCUT2D eigenvalue weighted by atomic mass is 15.4. The van der Waals surface area contributed by atoms with Crippen LogP contribution in [0.15, 0.2) is 34.5 Å². The molecule has 0 amide bonds. The lowest BCUT2D eigenvalue weighted by Crippen LogP contribution is -2.55. The lowest BCUT2D eigenvalue weighted by atomic mass is 9.70. The van der Waals surface area contributed by atoms with Crippen LogP contribution in [0.2, 0.25) is 0 Å². The fourth-order valence-electron chi connectivity index (χ4n) is 5.61. The summed E-state index contributed by atoms with van der Waals surface area (Å²) in [7, 11) is 0. The van der Waals surface area contributed by atoms with Crippen molar-refractivity contribution in [2.75, 3.05) is 4.90 Å². The van der Waals surface area contributed by atoms with E-state index in [1.165, 1.54) is 50.6 Å². The predicted octanol–water partition coefficient (Wildman–Crippen LogP) is 3.44. The lowest BCUT2D eigenvalue weighted by molar-refractivity contribution is 0.176. The van der Waals surface area contributed by atoms with Crippen LogP contribution in [0.5, 0.6) is 0 Å². The molecule has 0 N–H and O–H groups in total. The number of hydrogen-bond acceptors (Lipinski definition) is 4. The van der Waals surface area contributed by atoms with Crippen LogP contribution in [0.3, 0.4) is 0 Å². The fraction of sp³-hybridized carbons (Fsp3) is 0.500. The van der Waals surface area contributed by atoms with Gasteiger partial charge in [0.25, 0.3) is 0 Å². The minimum Gasteiger partial charge on any atom is -0.318 e. The first kappa shape index (κ1) is 15.6. The van der Waals surface area contributed by atoms with Gasteiger partial charge < -0.3 is 4.90 Å². The minimum absolute atomic E-state index is 0.116. The van der Waals surface area contributed by atoms with Gasteiger partial charge in [-0.05, 0) is 63.5 Å². The van der Waals surface area contributed by atoms with Crippen LogP contribution < -0.4 is 15.5 Å². The van der Waals surface area contributed by atoms with Crippen molar-refractivity contribution in [3.8, 4) is 12.1 Å². The van der Waals surface area contributed by atoms with E-state index in [2.05, 4.69) is 4.90 Å². The Balaban J connectivity index is 1.77. The third-order valence-electron chi connectivity index (χ3n) is 6.74. The fourth-order valence-corrected chi connectivity index (χ4v) is 5.61. The average Bonchev–Trinajstić information content (AvgIpc) is 3.01. The van der Waals surface area contributed by atoms with Gasteiger partial charge in [-0.25, -0.2) is 0 Å². The second kappa shape index (κ2) is 5.71. The first-order chi connectivity index (χ1) is 12.8. The van der Waals surface area contributed by atoms with Crippen LogP contribution in [-0.4, -0.2) is 5.66 Å². The van der Waals surface area contributed by atoms with E-state index >= 15 is 0 Å². The maximum atomic E-state index is 9.28. The molecule has 0 unspecified atom stereocenters. The van der Waals surface area contributed by atoms with Crippen molar-refractivity contribution >= 4 is 11.3 Å². The molecule has 1 spiro atoms. The first-order valence-electron chi connectivity index (χ1n) is 9.82. The molecule has 0 saturated heterocycles. The summed E-state index contributed by atoms with van der Waals surface area (Å²) in [6.07, 6.45) is 11.0. The number of nitrogens with zero attached hydrogens (tertiary/aromatic N) is 4. The zero-order chi connectivity index (χ0) is 17.7. The Labute approximate surface area is 153 Å². The maximum Gasteiger partial charge on any atom is 0.139 e. The third-order valence-corrected chi connectivity index (χ3v) is 6.74. The number of anilines is 1. The summed E-state index contributed by atoms with van der Waals surface area (Å²) in [4.78, 5) is 7.83. The number of nitriles is 2. The van der Waals surface area contributed by atoms with Gasteiger partial charge in [0.15, 0.2) is 0 Å². The van der Waals surface area contributed by atoms with Crippen molar-refractivity contribution < 1.29 is 0 Å². The van der Waals surface area contributed by atoms with Crippen molar-refractivity contribution in [3.63, 3.8) is 0 Å². The third kappa shape index (κ3) is 2.02. The van der Waals surface area contributed by atoms with Crippen LogP contribution in [0.1, 0.15) is 57.8 Å². The number of hydrogen-bond donors (Lipinski definition) is 0. The zero-order valence-electron chi connectivity index (χ0n) is 15.0. The van der Waals surface area contributed by atoms with Gasteiger partial charge in [-0.3, -0.25) is 4.99 Å². The van der Waals surface area contributed by atoms with Crippen molar-refractivity contribution in [3.05, 3.63) is 40.0 Å². The van der Waals surface area contributed by atoms with Gasteiger partial charge in [0.1, 0.15) is 23.4 Å². The van der Waals surface area contributed by atoms with E-state index in [-0.39, 0.29) is 11.2 Å². The van der Waals surface area contributed by atoms with Crippen LogP contribution in [0, 0.1) is 28.6 Å². The summed E-state index contributed by atoms with van der Waals surface area (Å²) in [5.74, 6) is 0.597. The Bertz CT molecular complexity index is 1000. The van der Waals surface area contributed by atoms with E-state index in [0.717, 1.165) is 29.1 Å². The SMILES string of the molecule is N#CC(C#N)=c1ccc2c(c1)N1C3=C(CCCC3)C[C@@H]3CCCC[C@]31N=2. The molecule has 0 aromatic heterocycles. The summed E-state index contributed by atoms with van der Waals surface area (Å²) < 4.78 is 0. The van der Waals surface area contributed by atoms with Crippen molar-refractivity contribution in [2.24, 2.45) is 10.9 Å². The standard InChI is InChI=1S/C22H22N4/c23-13-17(14-24)15-8-9-19-21(12-15)26-20-7-2-1-5-16(20)11-18-6-3-4-10-22(18,26)25-19/h8-9,12,18H,1-7,10-11H2/t18-,22+/m0/s1. The van der Waals surface area contributed by atoms with Gasteiger partial charge >= 0.3 is 0 Å². The van der Waals surface area contributed by atoms with Crippen LogP contribution in [0.4, 0.5) is 5.69 Å². The zero-order valence-corrected chi connectivity index (χ0v) is 15.0. The van der Waals surface area contributed by atoms with Crippen LogP contribution >= 0.6 is 0 Å². The molecule has 2 aliphatic heterocycles. The molecule has 1 saturated carbocycles. The van der Waals surface area contributed by atoms with Gasteiger partial charge in [-0.15, -0.1) is 0 Å². The van der Waals surface area contributed by atoms with Crippen molar-refractivity contribution in [2.45, 2.75) is 63.5 Å². The summed E-state index contributed by atoms with van der Waals surface area (Å²) >= 11 is 0. The lowest BCUT2D eigenvalue weighted by Gasteiger charge is -2.52. The second-order valence-electron chi connectivity index (χ2n) is 8.03. The quantitative estimate of drug-likeness (QED) is 0.725. The minimum atomic E-state index is -0.116. The average molecular weight is 342 g/mol. The molecule has 1 aromatic carbocycles. The van der Waals surface area contributed by atoms with Crippen molar-refractivity contribution in [1.29, 1.82) is 10.5 Å². The molecule has 4 heteroatoms. The molecule has 4 nitrogen and oxygen atoms in total. The van der Waals surface area contributed by atoms with Crippen molar-refractivity contribution in [1.82, 2.24) is 0 Å². The molecule has 5 rings (SSSR count). The number of rotatable bonds is 0. The van der Waals surface area contributed by atoms with Gasteiger partial charge in [0.2, 0.25) is 0 Å². The van der Waals surface area contributed by atoms with Gasteiger partial charge in [0, 0.05) is 16.8 Å². The molecule has 4 aliphatic rings. The smallest absolute Gasteiger partial charge is 0.139 e. The summed E-state index contributed by atoms with van der Waals surface area (Å²) in [6, 6.07) is 10.0. The summed E-state index contributed by atoms with van der Waals surface area (Å²) in [5, 5.41) is 20.3. The Hall–Kier alpha value is -2.59. The van der Waals surface area contributed by atoms with E-state index in [9.17, 15) is 10.5 Å². The Morgan fingerprint density at radius 3 is 2.81 bits per heavy atom. The highest BCUT2D eigenvalue weighted by Gasteiger charge is 2.53. The molecule has 130 valence electrons. The van der Waals surface area contributed by atoms with E-state index in [4.69, 9.17) is 4.99 Å². The molecule has 2 heterocycles. The topological polar surface area (TPSA) is 63.2 Å². The Morgan fingerprint density at radius 2 is 1.96 bits per heavy atom. The highest BCUT2D eigenvalue weighted by Crippen LogP contribution is 2.53. The van der Waals surface area contributed by atoms with Crippen LogP contribution in [0.25, 0.3) is 5.57 Å². The van der Waals surface area contributed by atoms with E-state index in [1.54, 1.807) is 5.57 Å². The van der Waals surface area contributed by atoms with E-state index < -0.39 is 0 Å². The van der Waals surface area contributed by atoms with E-state index in [1.807, 2.05) is 30.3 Å². The summed E-state index contributed by atoms with van der Waals surface area (Å²) in [5.41, 5.74) is 4.31. The second-order valence-corrected chi connectivity index (χ2v) is 8.03. The van der Waals surface area contributed by atoms with Gasteiger partial charge in [-0.2, -0.15) is 10.5 Å². The molecule has 0 radical (unpaired) electrons. The largest absolute Gasteiger partial charge is 0.318 e. The van der Waals surface area contributed by atoms with Gasteiger partial charge in [0.05, 0.1) is 11.0 Å². The molecule has 26 heavy (non-hydrogen) atoms. The van der Waals surface area contributed by atoms with E-state index in [0.29, 0.717) is 5.92 Å². The molecule has 2 aliphatic carbocycles. The molecule has 1 aromatic rings. The molecular formula is C22H22N4.